The molecule has 2 nitrogen and oxygen atoms in total. The van der Waals surface area contributed by atoms with Gasteiger partial charge in [0.1, 0.15) is 0 Å². The van der Waals surface area contributed by atoms with Crippen molar-refractivity contribution in [1.29, 1.82) is 0 Å². The number of benzene rings is 1. The van der Waals surface area contributed by atoms with Crippen LogP contribution in [0.4, 0.5) is 0 Å². The minimum absolute atomic E-state index is 0.561. The summed E-state index contributed by atoms with van der Waals surface area (Å²) in [4.78, 5) is 3.08. The number of nitrogens with two attached hydrogens (primary N) is 1. The minimum Gasteiger partial charge on any atom is -0.393 e. The molecule has 0 heterocycles. The molecule has 0 unspecified atom stereocenters. The number of unbranched alkanes of at least 4 members (excludes halogenated alkanes) is 1. The van der Waals surface area contributed by atoms with Gasteiger partial charge in [0.25, 0.3) is 0 Å². The van der Waals surface area contributed by atoms with Gasteiger partial charge in [0.05, 0.1) is 4.99 Å². The third-order valence-corrected chi connectivity index (χ3v) is 3.58. The molecule has 1 rings (SSSR count). The quantitative estimate of drug-likeness (QED) is 0.554. The number of hydrogen-bond donors (Lipinski definition) is 1. The average molecular weight is 278 g/mol. The number of aryl methyl sites for hydroxylation is 1. The Labute approximate surface area is 123 Å². The molecule has 0 aliphatic rings. The highest BCUT2D eigenvalue weighted by Gasteiger charge is 2.08. The van der Waals surface area contributed by atoms with Gasteiger partial charge in [0.2, 0.25) is 0 Å². The fourth-order valence-corrected chi connectivity index (χ4v) is 2.26. The lowest BCUT2D eigenvalue weighted by molar-refractivity contribution is 0.224. The molecule has 0 spiro atoms. The number of nitrogens with zero attached hydrogens (tertiary/aromatic N) is 1. The van der Waals surface area contributed by atoms with Gasteiger partial charge in [-0.25, -0.2) is 0 Å². The van der Waals surface area contributed by atoms with Crippen molar-refractivity contribution in [3.63, 3.8) is 0 Å². The Kier molecular flexibility index (Phi) is 7.68. The largest absolute Gasteiger partial charge is 0.393 e. The second-order valence-electron chi connectivity index (χ2n) is 5.29. The normalized spacial score (nSPS) is 11.2. The van der Waals surface area contributed by atoms with Crippen LogP contribution in [0.5, 0.6) is 0 Å². The molecule has 19 heavy (non-hydrogen) atoms. The molecule has 0 atom stereocenters. The predicted molar refractivity (Wildman–Crippen MR) is 87.5 cm³/mol. The Morgan fingerprint density at radius 3 is 2.42 bits per heavy atom. The van der Waals surface area contributed by atoms with Gasteiger partial charge in [-0.1, -0.05) is 42.5 Å². The van der Waals surface area contributed by atoms with Gasteiger partial charge in [-0.3, -0.25) is 0 Å². The van der Waals surface area contributed by atoms with Gasteiger partial charge in [-0.2, -0.15) is 0 Å². The molecular formula is C16H26N2S. The predicted octanol–water partition coefficient (Wildman–Crippen LogP) is 3.40. The number of hydrogen-bond acceptors (Lipinski definition) is 2. The van der Waals surface area contributed by atoms with E-state index >= 15 is 0 Å². The molecule has 0 bridgehead atoms. The summed E-state index contributed by atoms with van der Waals surface area (Å²) in [5.74, 6) is 0. The summed E-state index contributed by atoms with van der Waals surface area (Å²) < 4.78 is 0. The van der Waals surface area contributed by atoms with Gasteiger partial charge >= 0.3 is 0 Å². The summed E-state index contributed by atoms with van der Waals surface area (Å²) >= 11 is 4.95. The van der Waals surface area contributed by atoms with Crippen LogP contribution in [-0.2, 0) is 6.42 Å². The van der Waals surface area contributed by atoms with Crippen molar-refractivity contribution >= 4 is 17.2 Å². The molecule has 3 heteroatoms. The molecule has 0 saturated heterocycles. The Hall–Kier alpha value is -0.930. The van der Waals surface area contributed by atoms with Crippen molar-refractivity contribution in [2.24, 2.45) is 5.73 Å². The Balaban J connectivity index is 2.23. The average Bonchev–Trinajstić information content (AvgIpc) is 2.38. The van der Waals surface area contributed by atoms with Crippen LogP contribution in [0.3, 0.4) is 0 Å². The van der Waals surface area contributed by atoms with E-state index in [9.17, 15) is 0 Å². The molecule has 2 N–H and O–H groups in total. The summed E-state index contributed by atoms with van der Waals surface area (Å²) in [6.07, 6.45) is 4.46. The van der Waals surface area contributed by atoms with Crippen LogP contribution >= 0.6 is 12.2 Å². The fourth-order valence-electron chi connectivity index (χ4n) is 2.17. The molecule has 0 saturated carbocycles. The van der Waals surface area contributed by atoms with Crippen molar-refractivity contribution in [1.82, 2.24) is 4.90 Å². The van der Waals surface area contributed by atoms with Crippen LogP contribution in [0.1, 0.15) is 38.7 Å². The van der Waals surface area contributed by atoms with E-state index in [1.807, 2.05) is 0 Å². The molecule has 0 aromatic heterocycles. The van der Waals surface area contributed by atoms with E-state index in [1.165, 1.54) is 24.8 Å². The first-order valence-electron chi connectivity index (χ1n) is 7.16. The summed E-state index contributed by atoms with van der Waals surface area (Å²) in [6, 6.07) is 11.3. The molecule has 0 amide bonds. The van der Waals surface area contributed by atoms with Crippen LogP contribution in [0.15, 0.2) is 30.3 Å². The molecule has 1 aromatic carbocycles. The first-order valence-corrected chi connectivity index (χ1v) is 7.56. The zero-order valence-electron chi connectivity index (χ0n) is 12.1. The maximum absolute atomic E-state index is 5.58. The van der Waals surface area contributed by atoms with E-state index in [0.29, 0.717) is 11.0 Å². The first-order chi connectivity index (χ1) is 9.09. The lowest BCUT2D eigenvalue weighted by Crippen LogP contribution is -2.34. The van der Waals surface area contributed by atoms with Crippen LogP contribution in [-0.4, -0.2) is 29.0 Å². The Morgan fingerprint density at radius 2 is 1.84 bits per heavy atom. The summed E-state index contributed by atoms with van der Waals surface area (Å²) in [5, 5.41) is 0. The topological polar surface area (TPSA) is 29.3 Å². The van der Waals surface area contributed by atoms with Crippen LogP contribution in [0.25, 0.3) is 0 Å². The third kappa shape index (κ3) is 7.28. The lowest BCUT2D eigenvalue weighted by Gasteiger charge is -2.26. The van der Waals surface area contributed by atoms with Gasteiger partial charge in [0, 0.05) is 19.0 Å². The standard InChI is InChI=1S/C16H26N2S/c1-14(2)18(13-11-16(17)19)12-7-6-10-15-8-4-3-5-9-15/h3-5,8-9,14H,6-7,10-13H2,1-2H3,(H2,17,19). The second kappa shape index (κ2) is 9.05. The van der Waals surface area contributed by atoms with Crippen molar-refractivity contribution < 1.29 is 0 Å². The second-order valence-corrected chi connectivity index (χ2v) is 5.81. The molecule has 0 aliphatic carbocycles. The highest BCUT2D eigenvalue weighted by Crippen LogP contribution is 2.07. The summed E-state index contributed by atoms with van der Waals surface area (Å²) in [6.45, 7) is 6.58. The highest BCUT2D eigenvalue weighted by atomic mass is 32.1. The van der Waals surface area contributed by atoms with E-state index in [4.69, 9.17) is 18.0 Å². The molecular weight excluding hydrogens is 252 g/mol. The van der Waals surface area contributed by atoms with E-state index in [1.54, 1.807) is 0 Å². The fraction of sp³-hybridized carbons (Fsp3) is 0.562. The van der Waals surface area contributed by atoms with Gasteiger partial charge in [-0.15, -0.1) is 0 Å². The maximum Gasteiger partial charge on any atom is 0.0740 e. The third-order valence-electron chi connectivity index (χ3n) is 3.38. The molecule has 1 aromatic rings. The van der Waals surface area contributed by atoms with Crippen molar-refractivity contribution in [2.75, 3.05) is 13.1 Å². The minimum atomic E-state index is 0.561. The molecule has 0 radical (unpaired) electrons. The number of rotatable bonds is 9. The van der Waals surface area contributed by atoms with Crippen LogP contribution in [0.2, 0.25) is 0 Å². The van der Waals surface area contributed by atoms with Crippen molar-refractivity contribution in [3.05, 3.63) is 35.9 Å². The van der Waals surface area contributed by atoms with Crippen molar-refractivity contribution in [2.45, 2.75) is 45.6 Å². The van der Waals surface area contributed by atoms with E-state index < -0.39 is 0 Å². The zero-order chi connectivity index (χ0) is 14.1. The van der Waals surface area contributed by atoms with Crippen LogP contribution < -0.4 is 5.73 Å². The Morgan fingerprint density at radius 1 is 1.16 bits per heavy atom. The van der Waals surface area contributed by atoms with E-state index in [0.717, 1.165) is 19.5 Å². The van der Waals surface area contributed by atoms with E-state index in [2.05, 4.69) is 49.1 Å². The smallest absolute Gasteiger partial charge is 0.0740 e. The number of thiocarbonyl (C=S) groups is 1. The van der Waals surface area contributed by atoms with Crippen molar-refractivity contribution in [3.8, 4) is 0 Å². The maximum atomic E-state index is 5.58. The summed E-state index contributed by atoms with van der Waals surface area (Å²) in [7, 11) is 0. The summed E-state index contributed by atoms with van der Waals surface area (Å²) in [5.41, 5.74) is 7.01. The first kappa shape index (κ1) is 16.1. The Bertz CT molecular complexity index is 362. The molecule has 0 aliphatic heterocycles. The monoisotopic (exact) mass is 278 g/mol. The molecule has 0 fully saturated rings. The van der Waals surface area contributed by atoms with E-state index in [-0.39, 0.29) is 0 Å². The SMILES string of the molecule is CC(C)N(CCCCc1ccccc1)CCC(N)=S. The van der Waals surface area contributed by atoms with Crippen LogP contribution in [0, 0.1) is 0 Å². The highest BCUT2D eigenvalue weighted by molar-refractivity contribution is 7.80. The van der Waals surface area contributed by atoms with Gasteiger partial charge in [-0.05, 0) is 45.2 Å². The zero-order valence-corrected chi connectivity index (χ0v) is 13.0. The molecule has 106 valence electrons. The van der Waals surface area contributed by atoms with Gasteiger partial charge in [0.15, 0.2) is 0 Å². The lowest BCUT2D eigenvalue weighted by atomic mass is 10.1. The van der Waals surface area contributed by atoms with Gasteiger partial charge < -0.3 is 10.6 Å².